The summed E-state index contributed by atoms with van der Waals surface area (Å²) in [6.07, 6.45) is 0. The fraction of sp³-hybridized carbons (Fsp3) is 0.250. The quantitative estimate of drug-likeness (QED) is 0.819. The standard InChI is InChI=1S/C8H8BrN3O/c1-5-2-6(4-13)12-8(10-5)3-7(9)11-12/h2-3,13H,4H2,1H3. The van der Waals surface area contributed by atoms with E-state index in [1.165, 1.54) is 0 Å². The number of nitrogens with zero attached hydrogens (tertiary/aromatic N) is 3. The molecule has 0 bridgehead atoms. The Morgan fingerprint density at radius 1 is 1.54 bits per heavy atom. The van der Waals surface area contributed by atoms with Gasteiger partial charge in [0.05, 0.1) is 12.3 Å². The summed E-state index contributed by atoms with van der Waals surface area (Å²) in [5, 5.41) is 13.2. The predicted octanol–water partition coefficient (Wildman–Crippen LogP) is 1.29. The van der Waals surface area contributed by atoms with E-state index in [-0.39, 0.29) is 6.61 Å². The summed E-state index contributed by atoms with van der Waals surface area (Å²) in [7, 11) is 0. The monoisotopic (exact) mass is 241 g/mol. The highest BCUT2D eigenvalue weighted by molar-refractivity contribution is 9.10. The van der Waals surface area contributed by atoms with Crippen molar-refractivity contribution < 1.29 is 5.11 Å². The number of hydrogen-bond acceptors (Lipinski definition) is 3. The van der Waals surface area contributed by atoms with Gasteiger partial charge in [0.25, 0.3) is 0 Å². The van der Waals surface area contributed by atoms with Crippen molar-refractivity contribution in [2.75, 3.05) is 0 Å². The van der Waals surface area contributed by atoms with E-state index in [1.807, 2.05) is 19.1 Å². The van der Waals surface area contributed by atoms with Crippen molar-refractivity contribution in [3.63, 3.8) is 0 Å². The molecule has 0 aliphatic carbocycles. The van der Waals surface area contributed by atoms with Crippen LogP contribution in [0.15, 0.2) is 16.7 Å². The molecule has 0 unspecified atom stereocenters. The van der Waals surface area contributed by atoms with Gasteiger partial charge in [0.1, 0.15) is 4.60 Å². The van der Waals surface area contributed by atoms with E-state index in [0.717, 1.165) is 21.6 Å². The van der Waals surface area contributed by atoms with Crippen molar-refractivity contribution in [1.82, 2.24) is 14.6 Å². The maximum absolute atomic E-state index is 9.07. The zero-order valence-corrected chi connectivity index (χ0v) is 8.61. The van der Waals surface area contributed by atoms with Gasteiger partial charge in [-0.15, -0.1) is 0 Å². The minimum absolute atomic E-state index is 0.0338. The zero-order valence-electron chi connectivity index (χ0n) is 7.03. The lowest BCUT2D eigenvalue weighted by atomic mass is 10.3. The number of aliphatic hydroxyl groups excluding tert-OH is 1. The van der Waals surface area contributed by atoms with E-state index >= 15 is 0 Å². The lowest BCUT2D eigenvalue weighted by Crippen LogP contribution is -2.01. The fourth-order valence-electron chi connectivity index (χ4n) is 1.26. The molecule has 0 aliphatic rings. The molecule has 4 nitrogen and oxygen atoms in total. The van der Waals surface area contributed by atoms with Crippen LogP contribution in [0.25, 0.3) is 5.65 Å². The van der Waals surface area contributed by atoms with Gasteiger partial charge in [-0.3, -0.25) is 0 Å². The van der Waals surface area contributed by atoms with E-state index in [4.69, 9.17) is 5.11 Å². The van der Waals surface area contributed by atoms with Crippen LogP contribution in [0.5, 0.6) is 0 Å². The summed E-state index contributed by atoms with van der Waals surface area (Å²) < 4.78 is 2.34. The maximum Gasteiger partial charge on any atom is 0.156 e. The Hall–Kier alpha value is -0.940. The van der Waals surface area contributed by atoms with Crippen molar-refractivity contribution >= 4 is 21.6 Å². The van der Waals surface area contributed by atoms with Crippen molar-refractivity contribution in [3.05, 3.63) is 28.1 Å². The van der Waals surface area contributed by atoms with Crippen molar-refractivity contribution in [3.8, 4) is 0 Å². The van der Waals surface area contributed by atoms with E-state index < -0.39 is 0 Å². The molecule has 0 fully saturated rings. The smallest absolute Gasteiger partial charge is 0.156 e. The van der Waals surface area contributed by atoms with Gasteiger partial charge >= 0.3 is 0 Å². The Morgan fingerprint density at radius 3 is 3.00 bits per heavy atom. The lowest BCUT2D eigenvalue weighted by molar-refractivity contribution is 0.273. The summed E-state index contributed by atoms with van der Waals surface area (Å²) >= 11 is 3.26. The van der Waals surface area contributed by atoms with Crippen LogP contribution in [0.4, 0.5) is 0 Å². The van der Waals surface area contributed by atoms with Crippen molar-refractivity contribution in [1.29, 1.82) is 0 Å². The third-order valence-electron chi connectivity index (χ3n) is 1.76. The molecule has 1 N–H and O–H groups in total. The van der Waals surface area contributed by atoms with Crippen LogP contribution in [0.2, 0.25) is 0 Å². The highest BCUT2D eigenvalue weighted by atomic mass is 79.9. The van der Waals surface area contributed by atoms with Crippen LogP contribution >= 0.6 is 15.9 Å². The average Bonchev–Trinajstić information content (AvgIpc) is 2.43. The van der Waals surface area contributed by atoms with Gasteiger partial charge in [-0.1, -0.05) is 0 Å². The minimum Gasteiger partial charge on any atom is -0.390 e. The first-order valence-corrected chi connectivity index (χ1v) is 4.62. The Kier molecular flexibility index (Phi) is 2.05. The van der Waals surface area contributed by atoms with Gasteiger partial charge in [-0.2, -0.15) is 5.10 Å². The Bertz CT molecular complexity index is 452. The molecule has 0 saturated carbocycles. The summed E-state index contributed by atoms with van der Waals surface area (Å²) in [5.74, 6) is 0. The van der Waals surface area contributed by atoms with Crippen LogP contribution in [0.1, 0.15) is 11.4 Å². The summed E-state index contributed by atoms with van der Waals surface area (Å²) in [5.41, 5.74) is 2.37. The van der Waals surface area contributed by atoms with Gasteiger partial charge < -0.3 is 5.11 Å². The number of fused-ring (bicyclic) bond motifs is 1. The van der Waals surface area contributed by atoms with Crippen LogP contribution in [-0.4, -0.2) is 19.7 Å². The molecule has 2 aromatic heterocycles. The first-order chi connectivity index (χ1) is 6.20. The number of aliphatic hydroxyl groups is 1. The molecule has 0 spiro atoms. The van der Waals surface area contributed by atoms with Crippen LogP contribution in [0, 0.1) is 6.92 Å². The number of aryl methyl sites for hydroxylation is 1. The molecule has 68 valence electrons. The Balaban J connectivity index is 2.80. The molecule has 13 heavy (non-hydrogen) atoms. The van der Waals surface area contributed by atoms with Gasteiger partial charge in [-0.25, -0.2) is 9.50 Å². The molecule has 2 aromatic rings. The third-order valence-corrected chi connectivity index (χ3v) is 2.15. The summed E-state index contributed by atoms with van der Waals surface area (Å²) in [6.45, 7) is 1.86. The molecule has 0 radical (unpaired) electrons. The number of hydrogen-bond donors (Lipinski definition) is 1. The number of aromatic nitrogens is 3. The molecule has 5 heteroatoms. The first kappa shape index (κ1) is 8.65. The largest absolute Gasteiger partial charge is 0.390 e. The van der Waals surface area contributed by atoms with E-state index in [1.54, 1.807) is 4.52 Å². The van der Waals surface area contributed by atoms with Crippen molar-refractivity contribution in [2.24, 2.45) is 0 Å². The molecule has 0 saturated heterocycles. The van der Waals surface area contributed by atoms with Gasteiger partial charge in [0.2, 0.25) is 0 Å². The Labute approximate surface area is 83.3 Å². The van der Waals surface area contributed by atoms with Crippen molar-refractivity contribution in [2.45, 2.75) is 13.5 Å². The van der Waals surface area contributed by atoms with Gasteiger partial charge in [0.15, 0.2) is 5.65 Å². The molecular weight excluding hydrogens is 234 g/mol. The fourth-order valence-corrected chi connectivity index (χ4v) is 1.63. The number of halogens is 1. The SMILES string of the molecule is Cc1cc(CO)n2nc(Br)cc2n1. The highest BCUT2D eigenvalue weighted by Gasteiger charge is 2.05. The molecule has 0 atom stereocenters. The Morgan fingerprint density at radius 2 is 2.31 bits per heavy atom. The van der Waals surface area contributed by atoms with Crippen LogP contribution in [0.3, 0.4) is 0 Å². The minimum atomic E-state index is -0.0338. The van der Waals surface area contributed by atoms with Crippen LogP contribution in [-0.2, 0) is 6.61 Å². The topological polar surface area (TPSA) is 50.4 Å². The second-order valence-electron chi connectivity index (χ2n) is 2.78. The molecular formula is C8H8BrN3O. The summed E-state index contributed by atoms with van der Waals surface area (Å²) in [4.78, 5) is 4.26. The third kappa shape index (κ3) is 1.45. The zero-order chi connectivity index (χ0) is 9.42. The molecule has 0 aromatic carbocycles. The van der Waals surface area contributed by atoms with Gasteiger partial charge in [-0.05, 0) is 28.9 Å². The molecule has 0 amide bonds. The van der Waals surface area contributed by atoms with E-state index in [9.17, 15) is 0 Å². The summed E-state index contributed by atoms with van der Waals surface area (Å²) in [6, 6.07) is 3.62. The molecule has 2 heterocycles. The highest BCUT2D eigenvalue weighted by Crippen LogP contribution is 2.13. The second-order valence-corrected chi connectivity index (χ2v) is 3.60. The lowest BCUT2D eigenvalue weighted by Gasteiger charge is -2.01. The second kappa shape index (κ2) is 3.08. The average molecular weight is 242 g/mol. The number of rotatable bonds is 1. The van der Waals surface area contributed by atoms with Gasteiger partial charge in [0, 0.05) is 11.8 Å². The predicted molar refractivity (Wildman–Crippen MR) is 51.3 cm³/mol. The van der Waals surface area contributed by atoms with E-state index in [0.29, 0.717) is 0 Å². The van der Waals surface area contributed by atoms with E-state index in [2.05, 4.69) is 26.0 Å². The molecule has 0 aliphatic heterocycles. The molecule has 2 rings (SSSR count). The normalized spacial score (nSPS) is 11.0. The first-order valence-electron chi connectivity index (χ1n) is 3.83. The maximum atomic E-state index is 9.07. The van der Waals surface area contributed by atoms with Crippen LogP contribution < -0.4 is 0 Å².